The molecule has 1 fully saturated rings. The van der Waals surface area contributed by atoms with Crippen LogP contribution in [0.25, 0.3) is 10.4 Å². The summed E-state index contributed by atoms with van der Waals surface area (Å²) in [4.78, 5) is 29.9. The molecule has 1 aromatic rings. The van der Waals surface area contributed by atoms with E-state index >= 15 is 0 Å². The van der Waals surface area contributed by atoms with Gasteiger partial charge in [0.05, 0.1) is 0 Å². The minimum Gasteiger partial charge on any atom is -0.475 e. The average molecular weight is 251 g/mol. The molecule has 18 heavy (non-hydrogen) atoms. The van der Waals surface area contributed by atoms with Gasteiger partial charge in [0.15, 0.2) is 0 Å². The van der Waals surface area contributed by atoms with E-state index in [1.165, 1.54) is 4.90 Å². The van der Waals surface area contributed by atoms with Crippen molar-refractivity contribution >= 4 is 17.8 Å². The van der Waals surface area contributed by atoms with E-state index in [1.54, 1.807) is 0 Å². The lowest BCUT2D eigenvalue weighted by Crippen LogP contribution is -2.26. The van der Waals surface area contributed by atoms with Crippen molar-refractivity contribution < 1.29 is 14.7 Å². The monoisotopic (exact) mass is 251 g/mol. The summed E-state index contributed by atoms with van der Waals surface area (Å²) in [6.45, 7) is 0.531. The van der Waals surface area contributed by atoms with Crippen molar-refractivity contribution in [3.63, 3.8) is 0 Å². The van der Waals surface area contributed by atoms with Crippen molar-refractivity contribution in [2.45, 2.75) is 6.42 Å². The Labute approximate surface area is 100 Å². The van der Waals surface area contributed by atoms with E-state index in [-0.39, 0.29) is 36.6 Å². The molecule has 1 aliphatic heterocycles. The Morgan fingerprint density at radius 2 is 2.50 bits per heavy atom. The van der Waals surface area contributed by atoms with Crippen LogP contribution in [0.3, 0.4) is 0 Å². The van der Waals surface area contributed by atoms with Crippen LogP contribution < -0.4 is 4.90 Å². The maximum atomic E-state index is 11.7. The third-order valence-electron chi connectivity index (χ3n) is 2.53. The summed E-state index contributed by atoms with van der Waals surface area (Å²) in [5, 5.41) is 18.0. The zero-order chi connectivity index (χ0) is 13.1. The molecular weight excluding hydrogens is 242 g/mol. The van der Waals surface area contributed by atoms with E-state index < -0.39 is 5.97 Å². The first-order valence-electron chi connectivity index (χ1n) is 5.08. The highest BCUT2D eigenvalue weighted by Gasteiger charge is 2.32. The number of rotatable bonds is 4. The molecule has 2 rings (SSSR count). The number of aromatic nitrogens is 3. The quantitative estimate of drug-likeness (QED) is 0.444. The lowest BCUT2D eigenvalue weighted by atomic mass is 10.1. The molecule has 1 atom stereocenters. The summed E-state index contributed by atoms with van der Waals surface area (Å²) in [6, 6.07) is 0. The Bertz CT molecular complexity index is 533. The van der Waals surface area contributed by atoms with Gasteiger partial charge in [-0.25, -0.2) is 4.79 Å². The van der Waals surface area contributed by atoms with Crippen LogP contribution in [0.15, 0.2) is 5.11 Å². The Morgan fingerprint density at radius 1 is 1.72 bits per heavy atom. The number of hydrogen-bond donors (Lipinski definition) is 2. The third kappa shape index (κ3) is 2.23. The van der Waals surface area contributed by atoms with Crippen molar-refractivity contribution in [3.8, 4) is 0 Å². The number of nitrogens with one attached hydrogen (secondary N) is 1. The van der Waals surface area contributed by atoms with Gasteiger partial charge < -0.3 is 5.11 Å². The number of aromatic amines is 1. The molecule has 1 amide bonds. The summed E-state index contributed by atoms with van der Waals surface area (Å²) >= 11 is 0. The van der Waals surface area contributed by atoms with Gasteiger partial charge in [0.2, 0.25) is 11.7 Å². The second kappa shape index (κ2) is 4.72. The SMILES string of the molecule is [N-]=[N+]=NCC1CC(=O)N(c2n[nH]c(C(=O)O)n2)C1. The fraction of sp³-hybridized carbons (Fsp3) is 0.500. The van der Waals surface area contributed by atoms with Crippen molar-refractivity contribution in [3.05, 3.63) is 16.3 Å². The van der Waals surface area contributed by atoms with E-state index in [1.807, 2.05) is 0 Å². The van der Waals surface area contributed by atoms with E-state index in [4.69, 9.17) is 10.6 Å². The van der Waals surface area contributed by atoms with Crippen LogP contribution in [0, 0.1) is 5.92 Å². The minimum absolute atomic E-state index is 0.0286. The van der Waals surface area contributed by atoms with Crippen molar-refractivity contribution in [2.24, 2.45) is 11.0 Å². The molecule has 0 spiro atoms. The molecule has 1 aromatic heterocycles. The number of nitrogens with zero attached hydrogens (tertiary/aromatic N) is 6. The highest BCUT2D eigenvalue weighted by atomic mass is 16.4. The summed E-state index contributed by atoms with van der Waals surface area (Å²) in [5.74, 6) is -1.85. The first kappa shape index (κ1) is 11.9. The van der Waals surface area contributed by atoms with Crippen LogP contribution >= 0.6 is 0 Å². The van der Waals surface area contributed by atoms with Gasteiger partial charge in [-0.15, -0.1) is 5.10 Å². The number of carbonyl (C=O) groups is 2. The van der Waals surface area contributed by atoms with Crippen LogP contribution in [0.1, 0.15) is 17.0 Å². The maximum absolute atomic E-state index is 11.7. The predicted octanol–water partition coefficient (Wildman–Crippen LogP) is 0.166. The summed E-state index contributed by atoms with van der Waals surface area (Å²) in [5.41, 5.74) is 8.20. The predicted molar refractivity (Wildman–Crippen MR) is 57.8 cm³/mol. The molecular formula is C8H9N7O3. The molecule has 10 heteroatoms. The molecule has 1 unspecified atom stereocenters. The molecule has 94 valence electrons. The summed E-state index contributed by atoms with van der Waals surface area (Å²) in [7, 11) is 0. The van der Waals surface area contributed by atoms with E-state index in [0.29, 0.717) is 6.54 Å². The molecule has 1 aliphatic rings. The van der Waals surface area contributed by atoms with Crippen LogP contribution in [0.4, 0.5) is 5.95 Å². The van der Waals surface area contributed by atoms with Gasteiger partial charge in [0, 0.05) is 24.4 Å². The lowest BCUT2D eigenvalue weighted by Gasteiger charge is -2.10. The summed E-state index contributed by atoms with van der Waals surface area (Å²) in [6.07, 6.45) is 0.232. The van der Waals surface area contributed by atoms with Crippen LogP contribution in [0.2, 0.25) is 0 Å². The van der Waals surface area contributed by atoms with E-state index in [0.717, 1.165) is 0 Å². The number of carboxylic acids is 1. The number of H-pyrrole nitrogens is 1. The Kier molecular flexibility index (Phi) is 3.11. The first-order valence-corrected chi connectivity index (χ1v) is 5.08. The fourth-order valence-electron chi connectivity index (χ4n) is 1.72. The molecule has 10 nitrogen and oxygen atoms in total. The lowest BCUT2D eigenvalue weighted by molar-refractivity contribution is -0.117. The number of azide groups is 1. The standard InChI is InChI=1S/C8H9N7O3/c9-14-10-2-4-1-5(16)15(3-4)8-11-6(7(17)18)12-13-8/h4H,1-3H2,(H,17,18)(H,11,12,13). The Balaban J connectivity index is 2.11. The van der Waals surface area contributed by atoms with Crippen LogP contribution in [-0.2, 0) is 4.79 Å². The zero-order valence-electron chi connectivity index (χ0n) is 9.15. The molecule has 2 N–H and O–H groups in total. The van der Waals surface area contributed by atoms with Gasteiger partial charge in [0.1, 0.15) is 0 Å². The number of amides is 1. The molecule has 0 aliphatic carbocycles. The molecule has 1 saturated heterocycles. The van der Waals surface area contributed by atoms with Gasteiger partial charge >= 0.3 is 5.97 Å². The normalized spacial score (nSPS) is 18.8. The average Bonchev–Trinajstić information content (AvgIpc) is 2.92. The Hall–Kier alpha value is -2.61. The number of carboxylic acid groups (broad SMARTS) is 1. The summed E-state index contributed by atoms with van der Waals surface area (Å²) < 4.78 is 0. The Morgan fingerprint density at radius 3 is 3.11 bits per heavy atom. The minimum atomic E-state index is -1.24. The number of anilines is 1. The second-order valence-corrected chi connectivity index (χ2v) is 3.78. The third-order valence-corrected chi connectivity index (χ3v) is 2.53. The highest BCUT2D eigenvalue weighted by Crippen LogP contribution is 2.22. The first-order chi connectivity index (χ1) is 8.61. The van der Waals surface area contributed by atoms with Crippen LogP contribution in [-0.4, -0.2) is 45.3 Å². The number of aromatic carboxylic acids is 1. The smallest absolute Gasteiger partial charge is 0.373 e. The van der Waals surface area contributed by atoms with Crippen LogP contribution in [0.5, 0.6) is 0 Å². The highest BCUT2D eigenvalue weighted by molar-refractivity contribution is 5.94. The maximum Gasteiger partial charge on any atom is 0.373 e. The molecule has 2 heterocycles. The van der Waals surface area contributed by atoms with E-state index in [2.05, 4.69) is 25.2 Å². The van der Waals surface area contributed by atoms with Gasteiger partial charge in [-0.05, 0) is 11.4 Å². The number of hydrogen-bond acceptors (Lipinski definition) is 5. The van der Waals surface area contributed by atoms with E-state index in [9.17, 15) is 9.59 Å². The zero-order valence-corrected chi connectivity index (χ0v) is 9.15. The molecule has 0 radical (unpaired) electrons. The molecule has 0 aromatic carbocycles. The largest absolute Gasteiger partial charge is 0.475 e. The molecule has 0 saturated carbocycles. The fourth-order valence-corrected chi connectivity index (χ4v) is 1.72. The van der Waals surface area contributed by atoms with Crippen molar-refractivity contribution in [2.75, 3.05) is 18.0 Å². The van der Waals surface area contributed by atoms with Crippen molar-refractivity contribution in [1.82, 2.24) is 15.2 Å². The molecule has 0 bridgehead atoms. The van der Waals surface area contributed by atoms with Gasteiger partial charge in [-0.3, -0.25) is 14.8 Å². The van der Waals surface area contributed by atoms with Gasteiger partial charge in [0.25, 0.3) is 5.95 Å². The second-order valence-electron chi connectivity index (χ2n) is 3.78. The number of carbonyl (C=O) groups excluding carboxylic acids is 1. The topological polar surface area (TPSA) is 148 Å². The van der Waals surface area contributed by atoms with Gasteiger partial charge in [-0.1, -0.05) is 5.11 Å². The van der Waals surface area contributed by atoms with Gasteiger partial charge in [-0.2, -0.15) is 4.98 Å². The van der Waals surface area contributed by atoms with Crippen molar-refractivity contribution in [1.29, 1.82) is 0 Å².